The van der Waals surface area contributed by atoms with Gasteiger partial charge in [-0.3, -0.25) is 4.79 Å². The summed E-state index contributed by atoms with van der Waals surface area (Å²) in [6.45, 7) is 2.44. The number of methoxy groups -OCH3 is 1. The van der Waals surface area contributed by atoms with E-state index in [-0.39, 0.29) is 11.7 Å². The summed E-state index contributed by atoms with van der Waals surface area (Å²) in [4.78, 5) is 12.9. The standard InChI is InChI=1S/C18H20FNO3S/c1-3-23-16-9-6-14(12-17(16)22-2)20-18(21)10-11-24-15-7-4-13(19)5-8-15/h4-9,12H,3,10-11H2,1-2H3,(H,20,21). The lowest BCUT2D eigenvalue weighted by atomic mass is 10.2. The number of hydrogen-bond acceptors (Lipinski definition) is 4. The first kappa shape index (κ1) is 18.1. The summed E-state index contributed by atoms with van der Waals surface area (Å²) >= 11 is 1.51. The van der Waals surface area contributed by atoms with Crippen molar-refractivity contribution < 1.29 is 18.7 Å². The lowest BCUT2D eigenvalue weighted by Gasteiger charge is -2.11. The number of carbonyl (C=O) groups is 1. The molecule has 1 N–H and O–H groups in total. The number of hydrogen-bond donors (Lipinski definition) is 1. The van der Waals surface area contributed by atoms with Crippen molar-refractivity contribution in [2.45, 2.75) is 18.2 Å². The first-order valence-electron chi connectivity index (χ1n) is 7.61. The molecule has 2 aromatic rings. The minimum absolute atomic E-state index is 0.0872. The molecule has 0 spiro atoms. The molecule has 2 rings (SSSR count). The number of amides is 1. The normalized spacial score (nSPS) is 10.3. The Labute approximate surface area is 145 Å². The van der Waals surface area contributed by atoms with E-state index in [0.29, 0.717) is 36.0 Å². The SMILES string of the molecule is CCOc1ccc(NC(=O)CCSc2ccc(F)cc2)cc1OC. The highest BCUT2D eigenvalue weighted by atomic mass is 32.2. The number of thioether (sulfide) groups is 1. The van der Waals surface area contributed by atoms with Gasteiger partial charge >= 0.3 is 0 Å². The smallest absolute Gasteiger partial charge is 0.225 e. The molecule has 1 amide bonds. The van der Waals surface area contributed by atoms with E-state index in [1.165, 1.54) is 23.9 Å². The van der Waals surface area contributed by atoms with Crippen LogP contribution in [0, 0.1) is 5.82 Å². The van der Waals surface area contributed by atoms with E-state index in [0.717, 1.165) is 4.90 Å². The Hall–Kier alpha value is -2.21. The predicted molar refractivity (Wildman–Crippen MR) is 94.5 cm³/mol. The van der Waals surface area contributed by atoms with Crippen molar-refractivity contribution in [3.63, 3.8) is 0 Å². The molecule has 0 radical (unpaired) electrons. The van der Waals surface area contributed by atoms with Gasteiger partial charge in [0, 0.05) is 28.8 Å². The van der Waals surface area contributed by atoms with Gasteiger partial charge in [-0.05, 0) is 43.3 Å². The van der Waals surface area contributed by atoms with Crippen LogP contribution in [0.5, 0.6) is 11.5 Å². The van der Waals surface area contributed by atoms with Gasteiger partial charge in [-0.1, -0.05) is 0 Å². The minimum Gasteiger partial charge on any atom is -0.493 e. The number of nitrogens with one attached hydrogen (secondary N) is 1. The van der Waals surface area contributed by atoms with E-state index in [2.05, 4.69) is 5.32 Å². The van der Waals surface area contributed by atoms with Crippen LogP contribution < -0.4 is 14.8 Å². The Morgan fingerprint density at radius 3 is 2.58 bits per heavy atom. The van der Waals surface area contributed by atoms with Crippen LogP contribution in [0.4, 0.5) is 10.1 Å². The zero-order chi connectivity index (χ0) is 17.4. The Bertz CT molecular complexity index is 676. The maximum Gasteiger partial charge on any atom is 0.225 e. The maximum atomic E-state index is 12.8. The van der Waals surface area contributed by atoms with Crippen LogP contribution in [0.15, 0.2) is 47.4 Å². The van der Waals surface area contributed by atoms with Gasteiger partial charge in [0.2, 0.25) is 5.91 Å². The fraction of sp³-hybridized carbons (Fsp3) is 0.278. The Morgan fingerprint density at radius 1 is 1.17 bits per heavy atom. The van der Waals surface area contributed by atoms with E-state index in [9.17, 15) is 9.18 Å². The zero-order valence-corrected chi connectivity index (χ0v) is 14.5. The lowest BCUT2D eigenvalue weighted by Crippen LogP contribution is -2.12. The van der Waals surface area contributed by atoms with E-state index in [1.807, 2.05) is 6.92 Å². The average Bonchev–Trinajstić information content (AvgIpc) is 2.58. The molecule has 0 aliphatic rings. The van der Waals surface area contributed by atoms with Crippen LogP contribution in [0.25, 0.3) is 0 Å². The van der Waals surface area contributed by atoms with Crippen LogP contribution in [0.3, 0.4) is 0 Å². The number of halogens is 1. The monoisotopic (exact) mass is 349 g/mol. The molecule has 0 fully saturated rings. The molecule has 4 nitrogen and oxygen atoms in total. The van der Waals surface area contributed by atoms with Gasteiger partial charge in [0.05, 0.1) is 13.7 Å². The summed E-state index contributed by atoms with van der Waals surface area (Å²) in [6, 6.07) is 11.5. The Morgan fingerprint density at radius 2 is 1.92 bits per heavy atom. The molecule has 0 aliphatic carbocycles. The largest absolute Gasteiger partial charge is 0.493 e. The van der Waals surface area contributed by atoms with Gasteiger partial charge in [-0.15, -0.1) is 11.8 Å². The van der Waals surface area contributed by atoms with Crippen LogP contribution in [0.1, 0.15) is 13.3 Å². The predicted octanol–water partition coefficient (Wildman–Crippen LogP) is 4.35. The topological polar surface area (TPSA) is 47.6 Å². The molecule has 2 aromatic carbocycles. The molecule has 0 aromatic heterocycles. The van der Waals surface area contributed by atoms with Gasteiger partial charge < -0.3 is 14.8 Å². The molecule has 128 valence electrons. The van der Waals surface area contributed by atoms with E-state index >= 15 is 0 Å². The highest BCUT2D eigenvalue weighted by molar-refractivity contribution is 7.99. The van der Waals surface area contributed by atoms with Crippen LogP contribution in [0.2, 0.25) is 0 Å². The highest BCUT2D eigenvalue weighted by Gasteiger charge is 2.08. The molecule has 0 bridgehead atoms. The molecule has 24 heavy (non-hydrogen) atoms. The minimum atomic E-state index is -0.262. The number of ether oxygens (including phenoxy) is 2. The summed E-state index contributed by atoms with van der Waals surface area (Å²) in [6.07, 6.45) is 0.359. The third-order valence-electron chi connectivity index (χ3n) is 3.16. The Balaban J connectivity index is 1.84. The van der Waals surface area contributed by atoms with Crippen LogP contribution in [-0.4, -0.2) is 25.4 Å². The molecule has 0 saturated carbocycles. The van der Waals surface area contributed by atoms with Crippen LogP contribution in [-0.2, 0) is 4.79 Å². The number of rotatable bonds is 8. The van der Waals surface area contributed by atoms with Gasteiger partial charge in [0.15, 0.2) is 11.5 Å². The van der Waals surface area contributed by atoms with Gasteiger partial charge in [0.25, 0.3) is 0 Å². The number of carbonyl (C=O) groups excluding carboxylic acids is 1. The molecule has 6 heteroatoms. The van der Waals surface area contributed by atoms with Crippen molar-refractivity contribution in [2.24, 2.45) is 0 Å². The second-order valence-corrected chi connectivity index (χ2v) is 6.07. The van der Waals surface area contributed by atoms with E-state index in [1.54, 1.807) is 37.4 Å². The third-order valence-corrected chi connectivity index (χ3v) is 4.17. The van der Waals surface area contributed by atoms with E-state index in [4.69, 9.17) is 9.47 Å². The molecular formula is C18H20FNO3S. The first-order chi connectivity index (χ1) is 11.6. The van der Waals surface area contributed by atoms with Gasteiger partial charge in [0.1, 0.15) is 5.82 Å². The fourth-order valence-corrected chi connectivity index (χ4v) is 2.89. The first-order valence-corrected chi connectivity index (χ1v) is 8.60. The maximum absolute atomic E-state index is 12.8. The molecule has 0 atom stereocenters. The van der Waals surface area contributed by atoms with E-state index < -0.39 is 0 Å². The summed E-state index contributed by atoms with van der Waals surface area (Å²) in [5.41, 5.74) is 0.659. The lowest BCUT2D eigenvalue weighted by molar-refractivity contribution is -0.115. The Kier molecular flexibility index (Phi) is 6.93. The average molecular weight is 349 g/mol. The fourth-order valence-electron chi connectivity index (χ4n) is 2.04. The van der Waals surface area contributed by atoms with Crippen molar-refractivity contribution in [1.29, 1.82) is 0 Å². The summed E-state index contributed by atoms with van der Waals surface area (Å²) in [7, 11) is 1.56. The molecular weight excluding hydrogens is 329 g/mol. The van der Waals surface area contributed by atoms with Gasteiger partial charge in [-0.25, -0.2) is 4.39 Å². The number of anilines is 1. The quantitative estimate of drug-likeness (QED) is 0.720. The van der Waals surface area contributed by atoms with Crippen molar-refractivity contribution in [3.05, 3.63) is 48.3 Å². The van der Waals surface area contributed by atoms with Gasteiger partial charge in [-0.2, -0.15) is 0 Å². The summed E-state index contributed by atoms with van der Waals surface area (Å²) < 4.78 is 23.5. The summed E-state index contributed by atoms with van der Waals surface area (Å²) in [5, 5.41) is 2.83. The number of benzene rings is 2. The second kappa shape index (κ2) is 9.17. The molecule has 0 heterocycles. The highest BCUT2D eigenvalue weighted by Crippen LogP contribution is 2.30. The van der Waals surface area contributed by atoms with Crippen molar-refractivity contribution in [2.75, 3.05) is 24.8 Å². The zero-order valence-electron chi connectivity index (χ0n) is 13.7. The molecule has 0 unspecified atom stereocenters. The third kappa shape index (κ3) is 5.45. The van der Waals surface area contributed by atoms with Crippen molar-refractivity contribution >= 4 is 23.4 Å². The van der Waals surface area contributed by atoms with Crippen molar-refractivity contribution in [1.82, 2.24) is 0 Å². The second-order valence-electron chi connectivity index (χ2n) is 4.90. The molecule has 0 saturated heterocycles. The molecule has 0 aliphatic heterocycles. The summed E-state index contributed by atoms with van der Waals surface area (Å²) in [5.74, 6) is 1.49. The van der Waals surface area contributed by atoms with Crippen LogP contribution >= 0.6 is 11.8 Å². The van der Waals surface area contributed by atoms with Crippen molar-refractivity contribution in [3.8, 4) is 11.5 Å².